The van der Waals surface area contributed by atoms with E-state index >= 15 is 0 Å². The Morgan fingerprint density at radius 2 is 2.17 bits per heavy atom. The average molecular weight is 249 g/mol. The van der Waals surface area contributed by atoms with Gasteiger partial charge in [0.15, 0.2) is 5.82 Å². The second-order valence-corrected chi connectivity index (χ2v) is 4.54. The maximum atomic E-state index is 5.89. The van der Waals surface area contributed by atoms with Crippen molar-refractivity contribution >= 4 is 5.82 Å². The van der Waals surface area contributed by atoms with Gasteiger partial charge in [-0.25, -0.2) is 4.68 Å². The summed E-state index contributed by atoms with van der Waals surface area (Å²) >= 11 is 0. The van der Waals surface area contributed by atoms with E-state index in [0.717, 1.165) is 30.9 Å². The van der Waals surface area contributed by atoms with Gasteiger partial charge < -0.3 is 10.6 Å². The SMILES string of the molecule is CN(C)CCCn1nnc(N)c1-c1ccnn1C. The van der Waals surface area contributed by atoms with Crippen molar-refractivity contribution in [2.45, 2.75) is 13.0 Å². The summed E-state index contributed by atoms with van der Waals surface area (Å²) in [6, 6.07) is 1.91. The van der Waals surface area contributed by atoms with Gasteiger partial charge in [-0.2, -0.15) is 5.10 Å². The number of hydrogen-bond acceptors (Lipinski definition) is 5. The summed E-state index contributed by atoms with van der Waals surface area (Å²) in [5, 5.41) is 12.2. The lowest BCUT2D eigenvalue weighted by atomic mass is 10.3. The summed E-state index contributed by atoms with van der Waals surface area (Å²) in [5.41, 5.74) is 7.66. The molecule has 98 valence electrons. The van der Waals surface area contributed by atoms with Crippen molar-refractivity contribution in [1.82, 2.24) is 29.7 Å². The Morgan fingerprint density at radius 3 is 2.78 bits per heavy atom. The topological polar surface area (TPSA) is 77.8 Å². The molecule has 0 atom stereocenters. The molecule has 0 saturated heterocycles. The highest BCUT2D eigenvalue weighted by atomic mass is 15.5. The van der Waals surface area contributed by atoms with Gasteiger partial charge in [0, 0.05) is 19.8 Å². The first-order valence-corrected chi connectivity index (χ1v) is 5.91. The smallest absolute Gasteiger partial charge is 0.175 e. The number of nitrogens with two attached hydrogens (primary N) is 1. The number of rotatable bonds is 5. The highest BCUT2D eigenvalue weighted by molar-refractivity contribution is 5.66. The molecular formula is C11H19N7. The zero-order valence-corrected chi connectivity index (χ0v) is 11.0. The average Bonchev–Trinajstić information content (AvgIpc) is 2.85. The third-order valence-electron chi connectivity index (χ3n) is 2.80. The second-order valence-electron chi connectivity index (χ2n) is 4.54. The molecule has 0 fully saturated rings. The molecule has 0 radical (unpaired) electrons. The van der Waals surface area contributed by atoms with Gasteiger partial charge in [-0.3, -0.25) is 4.68 Å². The van der Waals surface area contributed by atoms with Crippen molar-refractivity contribution in [3.05, 3.63) is 12.3 Å². The number of aryl methyl sites for hydroxylation is 2. The van der Waals surface area contributed by atoms with Gasteiger partial charge in [-0.1, -0.05) is 5.21 Å². The lowest BCUT2D eigenvalue weighted by Crippen LogP contribution is -2.16. The van der Waals surface area contributed by atoms with Crippen LogP contribution in [0.4, 0.5) is 5.82 Å². The Hall–Kier alpha value is -1.89. The number of hydrogen-bond donors (Lipinski definition) is 1. The zero-order chi connectivity index (χ0) is 13.1. The number of nitrogen functional groups attached to an aromatic ring is 1. The largest absolute Gasteiger partial charge is 0.380 e. The highest BCUT2D eigenvalue weighted by Gasteiger charge is 2.15. The van der Waals surface area contributed by atoms with Gasteiger partial charge in [0.2, 0.25) is 0 Å². The quantitative estimate of drug-likeness (QED) is 0.819. The van der Waals surface area contributed by atoms with Crippen molar-refractivity contribution in [3.63, 3.8) is 0 Å². The molecule has 0 bridgehead atoms. The maximum absolute atomic E-state index is 5.89. The fourth-order valence-electron chi connectivity index (χ4n) is 1.89. The molecule has 0 spiro atoms. The van der Waals surface area contributed by atoms with Crippen LogP contribution >= 0.6 is 0 Å². The van der Waals surface area contributed by atoms with Crippen LogP contribution in [0.3, 0.4) is 0 Å². The third kappa shape index (κ3) is 2.51. The molecule has 2 rings (SSSR count). The van der Waals surface area contributed by atoms with E-state index in [1.807, 2.05) is 17.8 Å². The minimum absolute atomic E-state index is 0.448. The van der Waals surface area contributed by atoms with Crippen LogP contribution in [-0.2, 0) is 13.6 Å². The van der Waals surface area contributed by atoms with Gasteiger partial charge in [-0.15, -0.1) is 5.10 Å². The van der Waals surface area contributed by atoms with Gasteiger partial charge in [-0.05, 0) is 33.1 Å². The molecule has 2 heterocycles. The summed E-state index contributed by atoms with van der Waals surface area (Å²) in [6.07, 6.45) is 2.74. The van der Waals surface area contributed by atoms with Crippen LogP contribution in [0.5, 0.6) is 0 Å². The van der Waals surface area contributed by atoms with Crippen LogP contribution in [0, 0.1) is 0 Å². The lowest BCUT2D eigenvalue weighted by molar-refractivity contribution is 0.379. The van der Waals surface area contributed by atoms with Crippen LogP contribution in [0.25, 0.3) is 11.4 Å². The van der Waals surface area contributed by atoms with Crippen LogP contribution in [-0.4, -0.2) is 50.3 Å². The predicted molar refractivity (Wildman–Crippen MR) is 69.8 cm³/mol. The van der Waals surface area contributed by atoms with Gasteiger partial charge in [0.25, 0.3) is 0 Å². The van der Waals surface area contributed by atoms with E-state index in [0.29, 0.717) is 5.82 Å². The minimum atomic E-state index is 0.448. The molecule has 2 N–H and O–H groups in total. The molecule has 0 aliphatic carbocycles. The molecule has 0 aliphatic rings. The molecule has 0 amide bonds. The van der Waals surface area contributed by atoms with E-state index in [1.54, 1.807) is 10.9 Å². The van der Waals surface area contributed by atoms with Crippen LogP contribution in [0.15, 0.2) is 12.3 Å². The Kier molecular flexibility index (Phi) is 3.61. The number of aromatic nitrogens is 5. The molecule has 0 unspecified atom stereocenters. The zero-order valence-electron chi connectivity index (χ0n) is 11.0. The molecule has 0 aromatic carbocycles. The lowest BCUT2D eigenvalue weighted by Gasteiger charge is -2.10. The van der Waals surface area contributed by atoms with Crippen molar-refractivity contribution in [2.24, 2.45) is 7.05 Å². The van der Waals surface area contributed by atoms with E-state index in [2.05, 4.69) is 34.4 Å². The third-order valence-corrected chi connectivity index (χ3v) is 2.80. The van der Waals surface area contributed by atoms with E-state index in [-0.39, 0.29) is 0 Å². The second kappa shape index (κ2) is 5.18. The first-order chi connectivity index (χ1) is 8.59. The monoisotopic (exact) mass is 249 g/mol. The summed E-state index contributed by atoms with van der Waals surface area (Å²) < 4.78 is 3.62. The molecular weight excluding hydrogens is 230 g/mol. The van der Waals surface area contributed by atoms with Crippen LogP contribution in [0.1, 0.15) is 6.42 Å². The molecule has 2 aromatic heterocycles. The molecule has 0 saturated carbocycles. The van der Waals surface area contributed by atoms with Gasteiger partial charge in [0.05, 0.1) is 5.69 Å². The molecule has 7 heteroatoms. The summed E-state index contributed by atoms with van der Waals surface area (Å²) in [5.74, 6) is 0.448. The Bertz CT molecular complexity index is 511. The number of anilines is 1. The first-order valence-electron chi connectivity index (χ1n) is 5.91. The Labute approximate surface area is 106 Å². The fraction of sp³-hybridized carbons (Fsp3) is 0.545. The van der Waals surface area contributed by atoms with Crippen LogP contribution in [0.2, 0.25) is 0 Å². The van der Waals surface area contributed by atoms with Crippen molar-refractivity contribution in [1.29, 1.82) is 0 Å². The fourth-order valence-corrected chi connectivity index (χ4v) is 1.89. The van der Waals surface area contributed by atoms with Crippen molar-refractivity contribution in [3.8, 4) is 11.4 Å². The predicted octanol–water partition coefficient (Wildman–Crippen LogP) is 0.212. The summed E-state index contributed by atoms with van der Waals surface area (Å²) in [7, 11) is 5.99. The standard InChI is InChI=1S/C11H19N7/c1-16(2)7-4-8-18-10(11(12)14-15-18)9-5-6-13-17(9)3/h5-6H,4,7-8,12H2,1-3H3. The van der Waals surface area contributed by atoms with Crippen molar-refractivity contribution < 1.29 is 0 Å². The Balaban J connectivity index is 2.20. The number of nitrogens with zero attached hydrogens (tertiary/aromatic N) is 6. The summed E-state index contributed by atoms with van der Waals surface area (Å²) in [6.45, 7) is 1.80. The van der Waals surface area contributed by atoms with Crippen molar-refractivity contribution in [2.75, 3.05) is 26.4 Å². The molecule has 0 aliphatic heterocycles. The Morgan fingerprint density at radius 1 is 1.39 bits per heavy atom. The van der Waals surface area contributed by atoms with Gasteiger partial charge >= 0.3 is 0 Å². The molecule has 18 heavy (non-hydrogen) atoms. The normalized spacial score (nSPS) is 11.3. The highest BCUT2D eigenvalue weighted by Crippen LogP contribution is 2.22. The molecule has 2 aromatic rings. The van der Waals surface area contributed by atoms with E-state index in [4.69, 9.17) is 5.73 Å². The molecule has 7 nitrogen and oxygen atoms in total. The van der Waals surface area contributed by atoms with E-state index in [9.17, 15) is 0 Å². The van der Waals surface area contributed by atoms with E-state index in [1.165, 1.54) is 0 Å². The van der Waals surface area contributed by atoms with Gasteiger partial charge in [0.1, 0.15) is 5.69 Å². The van der Waals surface area contributed by atoms with E-state index < -0.39 is 0 Å². The van der Waals surface area contributed by atoms with Crippen LogP contribution < -0.4 is 5.73 Å². The summed E-state index contributed by atoms with van der Waals surface area (Å²) in [4.78, 5) is 2.14. The first kappa shape index (κ1) is 12.6. The minimum Gasteiger partial charge on any atom is -0.380 e. The maximum Gasteiger partial charge on any atom is 0.175 e.